The summed E-state index contributed by atoms with van der Waals surface area (Å²) in [6.45, 7) is 6.13. The van der Waals surface area contributed by atoms with Gasteiger partial charge >= 0.3 is 5.97 Å². The van der Waals surface area contributed by atoms with E-state index in [1.807, 2.05) is 11.8 Å². The molecule has 0 unspecified atom stereocenters. The molecule has 1 aromatic rings. The maximum Gasteiger partial charge on any atom is 0.340 e. The molecule has 0 bridgehead atoms. The molecule has 0 aromatic heterocycles. The van der Waals surface area contributed by atoms with Gasteiger partial charge in [-0.25, -0.2) is 4.79 Å². The Morgan fingerprint density at radius 2 is 2.19 bits per heavy atom. The number of carbonyl (C=O) groups is 1. The summed E-state index contributed by atoms with van der Waals surface area (Å²) in [7, 11) is 0. The average Bonchev–Trinajstić information content (AvgIpc) is 2.50. The maximum absolute atomic E-state index is 12.0. The van der Waals surface area contributed by atoms with Crippen LogP contribution in [0.2, 0.25) is 0 Å². The van der Waals surface area contributed by atoms with E-state index in [1.165, 1.54) is 11.5 Å². The molecule has 1 aromatic carbocycles. The van der Waals surface area contributed by atoms with Gasteiger partial charge in [-0.05, 0) is 19.1 Å². The summed E-state index contributed by atoms with van der Waals surface area (Å²) in [5.74, 6) is 2.06. The number of hydrogen-bond acceptors (Lipinski definition) is 6. The van der Waals surface area contributed by atoms with Crippen molar-refractivity contribution in [1.29, 1.82) is 0 Å². The third kappa shape index (κ3) is 4.54. The first-order valence-electron chi connectivity index (χ1n) is 7.32. The number of thioether (sulfide) groups is 1. The molecule has 0 aliphatic carbocycles. The highest BCUT2D eigenvalue weighted by Gasteiger charge is 2.15. The van der Waals surface area contributed by atoms with Crippen molar-refractivity contribution in [2.75, 3.05) is 55.3 Å². The van der Waals surface area contributed by atoms with E-state index in [1.54, 1.807) is 25.1 Å². The number of nitrogens with one attached hydrogen (secondary N) is 1. The van der Waals surface area contributed by atoms with Crippen molar-refractivity contribution in [2.45, 2.75) is 6.92 Å². The molecule has 6 heteroatoms. The lowest BCUT2D eigenvalue weighted by Crippen LogP contribution is -2.36. The van der Waals surface area contributed by atoms with E-state index < -0.39 is 0 Å². The van der Waals surface area contributed by atoms with Crippen LogP contribution >= 0.6 is 11.8 Å². The van der Waals surface area contributed by atoms with Gasteiger partial charge in [0.1, 0.15) is 0 Å². The maximum atomic E-state index is 12.0. The Bertz CT molecular complexity index is 476. The number of anilines is 2. The van der Waals surface area contributed by atoms with Gasteiger partial charge in [0.2, 0.25) is 0 Å². The van der Waals surface area contributed by atoms with Gasteiger partial charge in [-0.2, -0.15) is 11.8 Å². The Balaban J connectivity index is 1.96. The average molecular weight is 309 g/mol. The summed E-state index contributed by atoms with van der Waals surface area (Å²) in [6.07, 6.45) is 0. The summed E-state index contributed by atoms with van der Waals surface area (Å²) in [4.78, 5) is 14.4. The van der Waals surface area contributed by atoms with Gasteiger partial charge in [0.25, 0.3) is 0 Å². The van der Waals surface area contributed by atoms with Crippen LogP contribution in [0.1, 0.15) is 17.3 Å². The van der Waals surface area contributed by atoms with Crippen LogP contribution < -0.4 is 11.1 Å². The zero-order valence-corrected chi connectivity index (χ0v) is 13.2. The van der Waals surface area contributed by atoms with E-state index in [-0.39, 0.29) is 5.97 Å². The normalized spacial score (nSPS) is 15.7. The number of ether oxygens (including phenoxy) is 1. The van der Waals surface area contributed by atoms with Crippen molar-refractivity contribution >= 4 is 29.1 Å². The van der Waals surface area contributed by atoms with Crippen LogP contribution in [-0.4, -0.2) is 55.2 Å². The van der Waals surface area contributed by atoms with Gasteiger partial charge in [-0.1, -0.05) is 6.07 Å². The minimum Gasteiger partial charge on any atom is -0.462 e. The number of nitrogen functional groups attached to an aromatic ring is 1. The lowest BCUT2D eigenvalue weighted by Gasteiger charge is -2.26. The van der Waals surface area contributed by atoms with Gasteiger partial charge < -0.3 is 15.8 Å². The fraction of sp³-hybridized carbons (Fsp3) is 0.533. The number of hydrogen-bond donors (Lipinski definition) is 2. The summed E-state index contributed by atoms with van der Waals surface area (Å²) >= 11 is 2.00. The molecular formula is C15H23N3O2S. The Morgan fingerprint density at radius 1 is 1.43 bits per heavy atom. The Hall–Kier alpha value is -1.40. The molecule has 3 N–H and O–H groups in total. The van der Waals surface area contributed by atoms with Crippen molar-refractivity contribution < 1.29 is 9.53 Å². The van der Waals surface area contributed by atoms with Gasteiger partial charge in [-0.15, -0.1) is 0 Å². The second-order valence-electron chi connectivity index (χ2n) is 4.87. The first-order chi connectivity index (χ1) is 10.2. The van der Waals surface area contributed by atoms with Crippen molar-refractivity contribution in [1.82, 2.24) is 4.90 Å². The monoisotopic (exact) mass is 309 g/mol. The molecule has 1 heterocycles. The van der Waals surface area contributed by atoms with Crippen LogP contribution in [0.25, 0.3) is 0 Å². The quantitative estimate of drug-likeness (QED) is 0.618. The molecule has 0 spiro atoms. The van der Waals surface area contributed by atoms with E-state index >= 15 is 0 Å². The standard InChI is InChI=1S/C15H23N3O2S/c1-2-20-15(19)12-4-3-5-13(16)14(12)17-6-7-18-8-10-21-11-9-18/h3-5,17H,2,6-11,16H2,1H3. The van der Waals surface area contributed by atoms with Gasteiger partial charge in [0.15, 0.2) is 0 Å². The Kier molecular flexibility index (Phi) is 6.20. The smallest absolute Gasteiger partial charge is 0.340 e. The molecule has 0 atom stereocenters. The van der Waals surface area contributed by atoms with Crippen LogP contribution in [0.3, 0.4) is 0 Å². The van der Waals surface area contributed by atoms with Crippen molar-refractivity contribution in [3.63, 3.8) is 0 Å². The summed E-state index contributed by atoms with van der Waals surface area (Å²) in [5.41, 5.74) is 7.75. The molecule has 0 saturated carbocycles. The predicted octanol–water partition coefficient (Wildman–Crippen LogP) is 1.91. The van der Waals surface area contributed by atoms with Gasteiger partial charge in [-0.3, -0.25) is 4.90 Å². The zero-order chi connectivity index (χ0) is 15.1. The number of esters is 1. The molecule has 0 radical (unpaired) electrons. The number of para-hydroxylation sites is 1. The summed E-state index contributed by atoms with van der Waals surface area (Å²) in [6, 6.07) is 5.31. The van der Waals surface area contributed by atoms with Crippen molar-refractivity contribution in [2.24, 2.45) is 0 Å². The lowest BCUT2D eigenvalue weighted by molar-refractivity contribution is 0.0527. The lowest BCUT2D eigenvalue weighted by atomic mass is 10.1. The van der Waals surface area contributed by atoms with E-state index in [9.17, 15) is 4.79 Å². The number of nitrogens with two attached hydrogens (primary N) is 1. The number of carbonyl (C=O) groups excluding carboxylic acids is 1. The molecule has 1 aliphatic heterocycles. The summed E-state index contributed by atoms with van der Waals surface area (Å²) < 4.78 is 5.07. The van der Waals surface area contributed by atoms with E-state index in [0.717, 1.165) is 26.2 Å². The van der Waals surface area contributed by atoms with Crippen molar-refractivity contribution in [3.8, 4) is 0 Å². The highest BCUT2D eigenvalue weighted by atomic mass is 32.2. The van der Waals surface area contributed by atoms with Crippen LogP contribution in [-0.2, 0) is 4.74 Å². The van der Waals surface area contributed by atoms with Gasteiger partial charge in [0, 0.05) is 37.7 Å². The van der Waals surface area contributed by atoms with Crippen LogP contribution in [0, 0.1) is 0 Å². The molecule has 116 valence electrons. The van der Waals surface area contributed by atoms with E-state index in [0.29, 0.717) is 23.5 Å². The number of benzene rings is 1. The molecule has 2 rings (SSSR count). The predicted molar refractivity (Wildman–Crippen MR) is 89.1 cm³/mol. The summed E-state index contributed by atoms with van der Waals surface area (Å²) in [5, 5.41) is 3.29. The van der Waals surface area contributed by atoms with Crippen LogP contribution in [0.15, 0.2) is 18.2 Å². The topological polar surface area (TPSA) is 67.6 Å². The molecular weight excluding hydrogens is 286 g/mol. The second kappa shape index (κ2) is 8.14. The minimum absolute atomic E-state index is 0.332. The highest BCUT2D eigenvalue weighted by molar-refractivity contribution is 7.99. The Labute approximate surface area is 130 Å². The molecule has 1 aliphatic rings. The van der Waals surface area contributed by atoms with Gasteiger partial charge in [0.05, 0.1) is 23.5 Å². The third-order valence-electron chi connectivity index (χ3n) is 3.43. The first-order valence-corrected chi connectivity index (χ1v) is 8.47. The SMILES string of the molecule is CCOC(=O)c1cccc(N)c1NCCN1CCSCC1. The Morgan fingerprint density at radius 3 is 2.90 bits per heavy atom. The fourth-order valence-electron chi connectivity index (χ4n) is 2.31. The zero-order valence-electron chi connectivity index (χ0n) is 12.4. The third-order valence-corrected chi connectivity index (χ3v) is 4.37. The van der Waals surface area contributed by atoms with E-state index in [4.69, 9.17) is 10.5 Å². The molecule has 0 amide bonds. The first kappa shape index (κ1) is 16.0. The van der Waals surface area contributed by atoms with Crippen LogP contribution in [0.5, 0.6) is 0 Å². The number of rotatable bonds is 6. The second-order valence-corrected chi connectivity index (χ2v) is 6.10. The molecule has 1 fully saturated rings. The number of nitrogens with zero attached hydrogens (tertiary/aromatic N) is 1. The highest BCUT2D eigenvalue weighted by Crippen LogP contribution is 2.24. The van der Waals surface area contributed by atoms with Crippen LogP contribution in [0.4, 0.5) is 11.4 Å². The minimum atomic E-state index is -0.332. The molecule has 1 saturated heterocycles. The van der Waals surface area contributed by atoms with Crippen molar-refractivity contribution in [3.05, 3.63) is 23.8 Å². The molecule has 5 nitrogen and oxygen atoms in total. The molecule has 21 heavy (non-hydrogen) atoms. The van der Waals surface area contributed by atoms with E-state index in [2.05, 4.69) is 10.2 Å². The fourth-order valence-corrected chi connectivity index (χ4v) is 3.29. The largest absolute Gasteiger partial charge is 0.462 e.